The van der Waals surface area contributed by atoms with Gasteiger partial charge in [-0.05, 0) is 73.9 Å². The minimum atomic E-state index is -0.242. The van der Waals surface area contributed by atoms with Crippen LogP contribution in [0.15, 0.2) is 54.6 Å². The highest BCUT2D eigenvalue weighted by Gasteiger charge is 2.42. The van der Waals surface area contributed by atoms with Crippen molar-refractivity contribution in [3.63, 3.8) is 0 Å². The van der Waals surface area contributed by atoms with Crippen LogP contribution in [0.1, 0.15) is 63.0 Å². The van der Waals surface area contributed by atoms with Crippen LogP contribution >= 0.6 is 0 Å². The Balaban J connectivity index is 1.54. The van der Waals surface area contributed by atoms with Crippen molar-refractivity contribution >= 4 is 5.97 Å². The van der Waals surface area contributed by atoms with Crippen LogP contribution in [0.5, 0.6) is 0 Å². The van der Waals surface area contributed by atoms with E-state index in [-0.39, 0.29) is 35.1 Å². The largest absolute Gasteiger partial charge is 0.462 e. The second-order valence-electron chi connectivity index (χ2n) is 10.3. The molecule has 172 valence electrons. The fraction of sp³-hybridized carbons (Fsp3) is 0.536. The number of hydrogen-bond acceptors (Lipinski definition) is 3. The Hall–Kier alpha value is -2.20. The lowest BCUT2D eigenvalue weighted by atomic mass is 9.66. The van der Waals surface area contributed by atoms with Gasteiger partial charge >= 0.3 is 5.97 Å². The SMILES string of the molecule is CN1CC[C@@H](c2ccc(F)cc2)[C@H](C(=O)O[C@@H]2CCCC[C@H]2C(C)(C)c2ccccc2)C1. The molecule has 0 unspecified atom stereocenters. The van der Waals surface area contributed by atoms with Gasteiger partial charge in [-0.1, -0.05) is 62.7 Å². The van der Waals surface area contributed by atoms with Gasteiger partial charge in [0.2, 0.25) is 0 Å². The van der Waals surface area contributed by atoms with Crippen LogP contribution in [0.25, 0.3) is 0 Å². The lowest BCUT2D eigenvalue weighted by Crippen LogP contribution is -2.46. The number of benzene rings is 2. The molecule has 0 amide bonds. The molecule has 32 heavy (non-hydrogen) atoms. The third-order valence-corrected chi connectivity index (χ3v) is 7.83. The smallest absolute Gasteiger partial charge is 0.311 e. The molecule has 2 aliphatic rings. The van der Waals surface area contributed by atoms with Crippen molar-refractivity contribution in [3.05, 3.63) is 71.5 Å². The third-order valence-electron chi connectivity index (χ3n) is 7.83. The quantitative estimate of drug-likeness (QED) is 0.542. The summed E-state index contributed by atoms with van der Waals surface area (Å²) >= 11 is 0. The second kappa shape index (κ2) is 9.74. The molecule has 1 saturated carbocycles. The molecule has 1 aliphatic carbocycles. The highest BCUT2D eigenvalue weighted by molar-refractivity contribution is 5.74. The van der Waals surface area contributed by atoms with E-state index in [0.717, 1.165) is 37.8 Å². The number of esters is 1. The van der Waals surface area contributed by atoms with Gasteiger partial charge in [0.25, 0.3) is 0 Å². The van der Waals surface area contributed by atoms with Crippen molar-refractivity contribution in [1.29, 1.82) is 0 Å². The summed E-state index contributed by atoms with van der Waals surface area (Å²) in [5.74, 6) is -0.182. The van der Waals surface area contributed by atoms with Gasteiger partial charge in [-0.25, -0.2) is 4.39 Å². The third kappa shape index (κ3) is 4.91. The summed E-state index contributed by atoms with van der Waals surface area (Å²) in [6.07, 6.45) is 5.10. The van der Waals surface area contributed by atoms with E-state index in [1.54, 1.807) is 0 Å². The van der Waals surface area contributed by atoms with Crippen molar-refractivity contribution in [3.8, 4) is 0 Å². The highest BCUT2D eigenvalue weighted by atomic mass is 19.1. The summed E-state index contributed by atoms with van der Waals surface area (Å²) in [5.41, 5.74) is 2.27. The monoisotopic (exact) mass is 437 g/mol. The Labute approximate surface area is 192 Å². The van der Waals surface area contributed by atoms with Gasteiger partial charge in [0.15, 0.2) is 0 Å². The van der Waals surface area contributed by atoms with E-state index in [0.29, 0.717) is 12.5 Å². The fourth-order valence-corrected chi connectivity index (χ4v) is 5.84. The number of carbonyl (C=O) groups is 1. The van der Waals surface area contributed by atoms with Gasteiger partial charge in [0, 0.05) is 12.5 Å². The molecule has 3 nitrogen and oxygen atoms in total. The predicted molar refractivity (Wildman–Crippen MR) is 126 cm³/mol. The summed E-state index contributed by atoms with van der Waals surface area (Å²) in [6, 6.07) is 17.2. The van der Waals surface area contributed by atoms with Crippen LogP contribution < -0.4 is 0 Å². The lowest BCUT2D eigenvalue weighted by molar-refractivity contribution is -0.163. The maximum absolute atomic E-state index is 13.5. The van der Waals surface area contributed by atoms with Gasteiger partial charge < -0.3 is 9.64 Å². The Bertz CT molecular complexity index is 895. The molecule has 2 fully saturated rings. The summed E-state index contributed by atoms with van der Waals surface area (Å²) in [7, 11) is 2.06. The maximum atomic E-state index is 13.5. The molecule has 1 heterocycles. The first-order chi connectivity index (χ1) is 15.4. The van der Waals surface area contributed by atoms with E-state index in [1.165, 1.54) is 24.1 Å². The molecule has 0 radical (unpaired) electrons. The number of hydrogen-bond donors (Lipinski definition) is 0. The predicted octanol–water partition coefficient (Wildman–Crippen LogP) is 5.94. The average Bonchev–Trinajstić information content (AvgIpc) is 2.80. The molecule has 0 bridgehead atoms. The zero-order chi connectivity index (χ0) is 22.7. The Morgan fingerprint density at radius 2 is 1.69 bits per heavy atom. The van der Waals surface area contributed by atoms with E-state index in [2.05, 4.69) is 50.1 Å². The van der Waals surface area contributed by atoms with Gasteiger partial charge in [0.1, 0.15) is 11.9 Å². The van der Waals surface area contributed by atoms with Crippen molar-refractivity contribution in [2.45, 2.75) is 63.4 Å². The summed E-state index contributed by atoms with van der Waals surface area (Å²) in [6.45, 7) is 6.18. The minimum Gasteiger partial charge on any atom is -0.462 e. The number of carbonyl (C=O) groups excluding carboxylic acids is 1. The number of nitrogens with zero attached hydrogens (tertiary/aromatic N) is 1. The molecule has 0 spiro atoms. The average molecular weight is 438 g/mol. The number of likely N-dealkylation sites (tertiary alicyclic amines) is 1. The first kappa shape index (κ1) is 23.0. The number of rotatable bonds is 5. The molecule has 0 aromatic heterocycles. The lowest BCUT2D eigenvalue weighted by Gasteiger charge is -2.43. The van der Waals surface area contributed by atoms with Crippen LogP contribution in [0.4, 0.5) is 4.39 Å². The van der Waals surface area contributed by atoms with Gasteiger partial charge in [-0.3, -0.25) is 4.79 Å². The van der Waals surface area contributed by atoms with Gasteiger partial charge in [-0.15, -0.1) is 0 Å². The molecular weight excluding hydrogens is 401 g/mol. The zero-order valence-corrected chi connectivity index (χ0v) is 19.6. The van der Waals surface area contributed by atoms with Crippen LogP contribution in [0.2, 0.25) is 0 Å². The standard InChI is InChI=1S/C28H36FNO2/c1-28(2,21-9-5-4-6-10-21)25-11-7-8-12-26(25)32-27(31)24-19-30(3)18-17-23(24)20-13-15-22(29)16-14-20/h4-6,9-10,13-16,23-26H,7-8,11-12,17-19H2,1-3H3/t23-,24+,25+,26+/m0/s1. The van der Waals surface area contributed by atoms with Gasteiger partial charge in [-0.2, -0.15) is 0 Å². The number of halogens is 1. The van der Waals surface area contributed by atoms with Crippen LogP contribution in [0.3, 0.4) is 0 Å². The van der Waals surface area contributed by atoms with Gasteiger partial charge in [0.05, 0.1) is 5.92 Å². The normalized spacial score (nSPS) is 27.1. The van der Waals surface area contributed by atoms with E-state index < -0.39 is 0 Å². The molecule has 2 aromatic carbocycles. The van der Waals surface area contributed by atoms with Crippen molar-refractivity contribution in [1.82, 2.24) is 4.90 Å². The van der Waals surface area contributed by atoms with Crippen LogP contribution in [0, 0.1) is 17.7 Å². The summed E-state index contributed by atoms with van der Waals surface area (Å²) < 4.78 is 19.8. The van der Waals surface area contributed by atoms with E-state index in [1.807, 2.05) is 18.2 Å². The summed E-state index contributed by atoms with van der Waals surface area (Å²) in [4.78, 5) is 15.8. The van der Waals surface area contributed by atoms with Crippen molar-refractivity contribution in [2.24, 2.45) is 11.8 Å². The number of piperidine rings is 1. The van der Waals surface area contributed by atoms with Crippen LogP contribution in [-0.2, 0) is 14.9 Å². The minimum absolute atomic E-state index is 0.0624. The van der Waals surface area contributed by atoms with E-state index in [4.69, 9.17) is 4.74 Å². The zero-order valence-electron chi connectivity index (χ0n) is 19.6. The van der Waals surface area contributed by atoms with Crippen molar-refractivity contribution in [2.75, 3.05) is 20.1 Å². The Kier molecular flexibility index (Phi) is 6.99. The molecule has 1 saturated heterocycles. The number of ether oxygens (including phenoxy) is 1. The Morgan fingerprint density at radius 1 is 1.00 bits per heavy atom. The Morgan fingerprint density at radius 3 is 2.41 bits per heavy atom. The molecule has 4 atom stereocenters. The van der Waals surface area contributed by atoms with E-state index in [9.17, 15) is 9.18 Å². The molecule has 4 heteroatoms. The first-order valence-corrected chi connectivity index (χ1v) is 12.1. The van der Waals surface area contributed by atoms with Crippen LogP contribution in [-0.4, -0.2) is 37.1 Å². The molecular formula is C28H36FNO2. The van der Waals surface area contributed by atoms with E-state index >= 15 is 0 Å². The first-order valence-electron chi connectivity index (χ1n) is 12.1. The molecule has 2 aromatic rings. The second-order valence-corrected chi connectivity index (χ2v) is 10.3. The maximum Gasteiger partial charge on any atom is 0.311 e. The fourth-order valence-electron chi connectivity index (χ4n) is 5.84. The summed E-state index contributed by atoms with van der Waals surface area (Å²) in [5, 5.41) is 0. The molecule has 1 aliphatic heterocycles. The topological polar surface area (TPSA) is 29.5 Å². The molecule has 0 N–H and O–H groups in total. The molecule has 4 rings (SSSR count). The highest BCUT2D eigenvalue weighted by Crippen LogP contribution is 2.43. The van der Waals surface area contributed by atoms with Crippen molar-refractivity contribution < 1.29 is 13.9 Å².